The third kappa shape index (κ3) is 2.66. The molecule has 1 fully saturated rings. The van der Waals surface area contributed by atoms with Crippen LogP contribution in [0.15, 0.2) is 6.20 Å². The van der Waals surface area contributed by atoms with Gasteiger partial charge in [-0.15, -0.1) is 11.3 Å². The normalized spacial score (nSPS) is 16.2. The molecule has 2 aliphatic carbocycles. The van der Waals surface area contributed by atoms with Crippen molar-refractivity contribution in [3.63, 3.8) is 0 Å². The Morgan fingerprint density at radius 2 is 2.21 bits per heavy atom. The van der Waals surface area contributed by atoms with Gasteiger partial charge in [-0.1, -0.05) is 13.8 Å². The van der Waals surface area contributed by atoms with Gasteiger partial charge in [-0.2, -0.15) is 5.10 Å². The van der Waals surface area contributed by atoms with E-state index in [0.717, 1.165) is 48.6 Å². The largest absolute Gasteiger partial charge is 0.288 e. The van der Waals surface area contributed by atoms with Crippen molar-refractivity contribution in [2.75, 3.05) is 11.4 Å². The summed E-state index contributed by atoms with van der Waals surface area (Å²) in [6, 6.07) is 0. The molecule has 4 rings (SSSR count). The van der Waals surface area contributed by atoms with Gasteiger partial charge in [-0.05, 0) is 38.5 Å². The molecule has 0 aromatic carbocycles. The third-order valence-electron chi connectivity index (χ3n) is 4.76. The fourth-order valence-corrected chi connectivity index (χ4v) is 4.52. The maximum atomic E-state index is 12.5. The van der Waals surface area contributed by atoms with E-state index in [1.807, 2.05) is 18.0 Å². The van der Waals surface area contributed by atoms with Crippen LogP contribution in [0, 0.1) is 11.8 Å². The molecule has 1 amide bonds. The van der Waals surface area contributed by atoms with Crippen molar-refractivity contribution >= 4 is 22.4 Å². The zero-order valence-corrected chi connectivity index (χ0v) is 15.4. The van der Waals surface area contributed by atoms with Gasteiger partial charge in [0.15, 0.2) is 5.13 Å². The van der Waals surface area contributed by atoms with Gasteiger partial charge in [0.2, 0.25) is 5.91 Å². The number of fused-ring (bicyclic) bond motifs is 3. The fraction of sp³-hybridized carbons (Fsp3) is 0.611. The summed E-state index contributed by atoms with van der Waals surface area (Å²) in [4.78, 5) is 20.5. The highest BCUT2D eigenvalue weighted by molar-refractivity contribution is 7.16. The summed E-state index contributed by atoms with van der Waals surface area (Å²) in [5.41, 5.74) is 3.51. The SMILES string of the molecule is CCN(C(=O)C1CC1)c1nc2c(s1)CCc1c-2cnn1CC(C)C. The minimum absolute atomic E-state index is 0.232. The zero-order valence-electron chi connectivity index (χ0n) is 14.6. The molecule has 0 N–H and O–H groups in total. The number of amides is 1. The number of anilines is 1. The van der Waals surface area contributed by atoms with E-state index in [1.165, 1.54) is 10.6 Å². The highest BCUT2D eigenvalue weighted by Crippen LogP contribution is 2.41. The molecule has 6 heteroatoms. The van der Waals surface area contributed by atoms with E-state index < -0.39 is 0 Å². The van der Waals surface area contributed by atoms with Crippen LogP contribution in [0.5, 0.6) is 0 Å². The number of carbonyl (C=O) groups excluding carboxylic acids is 1. The lowest BCUT2D eigenvalue weighted by molar-refractivity contribution is -0.119. The lowest BCUT2D eigenvalue weighted by atomic mass is 10.0. The number of aromatic nitrogens is 3. The van der Waals surface area contributed by atoms with Crippen molar-refractivity contribution in [1.29, 1.82) is 0 Å². The summed E-state index contributed by atoms with van der Waals surface area (Å²) >= 11 is 1.69. The first kappa shape index (κ1) is 15.8. The van der Waals surface area contributed by atoms with E-state index in [4.69, 9.17) is 4.98 Å². The molecular formula is C18H24N4OS. The summed E-state index contributed by atoms with van der Waals surface area (Å²) in [6.45, 7) is 8.11. The molecule has 0 atom stereocenters. The van der Waals surface area contributed by atoms with E-state index in [9.17, 15) is 4.79 Å². The Bertz CT molecular complexity index is 772. The smallest absolute Gasteiger partial charge is 0.231 e. The summed E-state index contributed by atoms with van der Waals surface area (Å²) < 4.78 is 2.13. The van der Waals surface area contributed by atoms with Gasteiger partial charge in [0.05, 0.1) is 11.9 Å². The second kappa shape index (κ2) is 5.99. The van der Waals surface area contributed by atoms with Crippen molar-refractivity contribution in [3.8, 4) is 11.3 Å². The number of thiazole rings is 1. The molecule has 0 aliphatic heterocycles. The first-order valence-electron chi connectivity index (χ1n) is 8.94. The fourth-order valence-electron chi connectivity index (χ4n) is 3.38. The van der Waals surface area contributed by atoms with Crippen molar-refractivity contribution in [3.05, 3.63) is 16.8 Å². The molecule has 0 bridgehead atoms. The quantitative estimate of drug-likeness (QED) is 0.834. The van der Waals surface area contributed by atoms with Gasteiger partial charge in [0.25, 0.3) is 0 Å². The highest BCUT2D eigenvalue weighted by atomic mass is 32.1. The number of hydrogen-bond donors (Lipinski definition) is 0. The Morgan fingerprint density at radius 1 is 1.42 bits per heavy atom. The molecule has 0 unspecified atom stereocenters. The van der Waals surface area contributed by atoms with Gasteiger partial charge < -0.3 is 0 Å². The maximum Gasteiger partial charge on any atom is 0.231 e. The zero-order chi connectivity index (χ0) is 16.8. The Morgan fingerprint density at radius 3 is 2.88 bits per heavy atom. The minimum Gasteiger partial charge on any atom is -0.288 e. The first-order valence-corrected chi connectivity index (χ1v) is 9.76. The number of carbonyl (C=O) groups is 1. The molecule has 5 nitrogen and oxygen atoms in total. The van der Waals surface area contributed by atoms with Crippen LogP contribution in [0.4, 0.5) is 5.13 Å². The van der Waals surface area contributed by atoms with Crippen molar-refractivity contribution in [1.82, 2.24) is 14.8 Å². The van der Waals surface area contributed by atoms with Crippen LogP contribution in [-0.4, -0.2) is 27.2 Å². The van der Waals surface area contributed by atoms with E-state index in [0.29, 0.717) is 12.5 Å². The molecule has 24 heavy (non-hydrogen) atoms. The first-order chi connectivity index (χ1) is 11.6. The van der Waals surface area contributed by atoms with E-state index >= 15 is 0 Å². The second-order valence-electron chi connectivity index (χ2n) is 7.21. The lowest BCUT2D eigenvalue weighted by Gasteiger charge is -2.17. The highest BCUT2D eigenvalue weighted by Gasteiger charge is 2.35. The molecule has 2 aromatic heterocycles. The molecule has 0 saturated heterocycles. The topological polar surface area (TPSA) is 51.0 Å². The summed E-state index contributed by atoms with van der Waals surface area (Å²) in [7, 11) is 0. The van der Waals surface area contributed by atoms with Gasteiger partial charge in [0, 0.05) is 35.1 Å². The van der Waals surface area contributed by atoms with Crippen LogP contribution >= 0.6 is 11.3 Å². The molecule has 0 spiro atoms. The van der Waals surface area contributed by atoms with Crippen LogP contribution in [0.2, 0.25) is 0 Å². The standard InChI is InChI=1S/C18H24N4OS/c1-4-21(17(23)12-5-6-12)18-20-16-13-9-19-22(10-11(2)3)14(13)7-8-15(16)24-18/h9,11-12H,4-8,10H2,1-3H3. The number of hydrogen-bond acceptors (Lipinski definition) is 4. The van der Waals surface area contributed by atoms with Crippen molar-refractivity contribution < 1.29 is 4.79 Å². The van der Waals surface area contributed by atoms with E-state index in [1.54, 1.807) is 11.3 Å². The molecule has 1 saturated carbocycles. The Balaban J connectivity index is 1.67. The molecular weight excluding hydrogens is 320 g/mol. The molecule has 2 aromatic rings. The van der Waals surface area contributed by atoms with Gasteiger partial charge in [-0.3, -0.25) is 14.4 Å². The summed E-state index contributed by atoms with van der Waals surface area (Å²) in [5, 5.41) is 5.45. The number of rotatable bonds is 5. The number of nitrogens with zero attached hydrogens (tertiary/aromatic N) is 4. The number of aryl methyl sites for hydroxylation is 1. The van der Waals surface area contributed by atoms with Gasteiger partial charge in [0.1, 0.15) is 0 Å². The second-order valence-corrected chi connectivity index (χ2v) is 8.27. The maximum absolute atomic E-state index is 12.5. The molecule has 2 aliphatic rings. The van der Waals surface area contributed by atoms with Crippen LogP contribution in [0.3, 0.4) is 0 Å². The van der Waals surface area contributed by atoms with Crippen LogP contribution < -0.4 is 4.90 Å². The lowest BCUT2D eigenvalue weighted by Crippen LogP contribution is -2.31. The molecule has 0 radical (unpaired) electrons. The summed E-state index contributed by atoms with van der Waals surface area (Å²) in [5.74, 6) is 1.06. The monoisotopic (exact) mass is 344 g/mol. The van der Waals surface area contributed by atoms with Crippen molar-refractivity contribution in [2.45, 2.75) is 53.0 Å². The minimum atomic E-state index is 0.232. The Kier molecular flexibility index (Phi) is 3.95. The van der Waals surface area contributed by atoms with Crippen molar-refractivity contribution in [2.24, 2.45) is 11.8 Å². The molecule has 2 heterocycles. The van der Waals surface area contributed by atoms with E-state index in [2.05, 4.69) is 23.6 Å². The average molecular weight is 344 g/mol. The predicted molar refractivity (Wildman–Crippen MR) is 96.3 cm³/mol. The summed E-state index contributed by atoms with van der Waals surface area (Å²) in [6.07, 6.45) is 6.04. The predicted octanol–water partition coefficient (Wildman–Crippen LogP) is 3.52. The average Bonchev–Trinajstić information content (AvgIpc) is 3.19. The van der Waals surface area contributed by atoms with Gasteiger partial charge >= 0.3 is 0 Å². The van der Waals surface area contributed by atoms with Crippen LogP contribution in [0.25, 0.3) is 11.3 Å². The Hall–Kier alpha value is -1.69. The van der Waals surface area contributed by atoms with Gasteiger partial charge in [-0.25, -0.2) is 4.98 Å². The van der Waals surface area contributed by atoms with E-state index in [-0.39, 0.29) is 11.8 Å². The Labute approximate surface area is 146 Å². The third-order valence-corrected chi connectivity index (χ3v) is 5.89. The molecule has 128 valence electrons. The van der Waals surface area contributed by atoms with Crippen LogP contribution in [0.1, 0.15) is 44.2 Å². The van der Waals surface area contributed by atoms with Crippen LogP contribution in [-0.2, 0) is 24.2 Å².